The van der Waals surface area contributed by atoms with Crippen LogP contribution < -0.4 is 0 Å². The van der Waals surface area contributed by atoms with Gasteiger partial charge in [-0.15, -0.1) is 0 Å². The molecule has 1 atom stereocenters. The quantitative estimate of drug-likeness (QED) is 0.840. The van der Waals surface area contributed by atoms with Crippen LogP contribution in [0, 0.1) is 5.92 Å². The number of piperidine rings is 1. The van der Waals surface area contributed by atoms with Crippen LogP contribution in [0.1, 0.15) is 43.3 Å². The normalized spacial score (nSPS) is 26.0. The third kappa shape index (κ3) is 3.55. The van der Waals surface area contributed by atoms with E-state index in [1.165, 1.54) is 12.8 Å². The Morgan fingerprint density at radius 3 is 2.67 bits per heavy atom. The fourth-order valence-corrected chi connectivity index (χ4v) is 3.71. The van der Waals surface area contributed by atoms with E-state index in [1.807, 2.05) is 9.80 Å². The van der Waals surface area contributed by atoms with Crippen molar-refractivity contribution in [3.05, 3.63) is 11.7 Å². The van der Waals surface area contributed by atoms with E-state index in [1.54, 1.807) is 0 Å². The summed E-state index contributed by atoms with van der Waals surface area (Å²) in [4.78, 5) is 23.6. The van der Waals surface area contributed by atoms with Gasteiger partial charge in [0, 0.05) is 51.6 Å². The maximum absolute atomic E-state index is 12.7. The first-order valence-electron chi connectivity index (χ1n) is 9.24. The topological polar surface area (TPSA) is 65.7 Å². The molecule has 0 radical (unpaired) electrons. The van der Waals surface area contributed by atoms with Crippen LogP contribution in [-0.2, 0) is 6.42 Å². The van der Waals surface area contributed by atoms with E-state index in [-0.39, 0.29) is 6.03 Å². The molecular formula is C17H27N5O2. The lowest BCUT2D eigenvalue weighted by Crippen LogP contribution is -2.53. The average molecular weight is 333 g/mol. The minimum Gasteiger partial charge on any atom is -0.339 e. The highest BCUT2D eigenvalue weighted by atomic mass is 16.5. The first kappa shape index (κ1) is 15.9. The molecule has 3 heterocycles. The van der Waals surface area contributed by atoms with Gasteiger partial charge >= 0.3 is 6.03 Å². The zero-order chi connectivity index (χ0) is 16.5. The first-order valence-corrected chi connectivity index (χ1v) is 9.24. The molecule has 0 aromatic carbocycles. The van der Waals surface area contributed by atoms with Crippen molar-refractivity contribution in [1.82, 2.24) is 24.8 Å². The van der Waals surface area contributed by atoms with Crippen LogP contribution in [-0.4, -0.2) is 77.2 Å². The third-order valence-corrected chi connectivity index (χ3v) is 5.45. The van der Waals surface area contributed by atoms with Crippen LogP contribution in [0.25, 0.3) is 0 Å². The number of likely N-dealkylation sites (N-methyl/N-ethyl adjacent to an activating group) is 1. The number of urea groups is 1. The second-order valence-corrected chi connectivity index (χ2v) is 7.55. The monoisotopic (exact) mass is 333 g/mol. The summed E-state index contributed by atoms with van der Waals surface area (Å²) in [6.45, 7) is 5.30. The van der Waals surface area contributed by atoms with Gasteiger partial charge in [-0.2, -0.15) is 4.98 Å². The van der Waals surface area contributed by atoms with Gasteiger partial charge in [0.2, 0.25) is 5.89 Å². The summed E-state index contributed by atoms with van der Waals surface area (Å²) in [6.07, 6.45) is 5.37. The molecule has 2 amide bonds. The van der Waals surface area contributed by atoms with Crippen LogP contribution in [0.2, 0.25) is 0 Å². The fourth-order valence-electron chi connectivity index (χ4n) is 3.71. The molecule has 0 bridgehead atoms. The van der Waals surface area contributed by atoms with Crippen molar-refractivity contribution in [3.63, 3.8) is 0 Å². The predicted molar refractivity (Wildman–Crippen MR) is 88.7 cm³/mol. The highest BCUT2D eigenvalue weighted by molar-refractivity contribution is 5.74. The molecule has 132 valence electrons. The number of aromatic nitrogens is 2. The smallest absolute Gasteiger partial charge is 0.320 e. The van der Waals surface area contributed by atoms with E-state index >= 15 is 0 Å². The summed E-state index contributed by atoms with van der Waals surface area (Å²) in [5.74, 6) is 2.59. The van der Waals surface area contributed by atoms with E-state index in [4.69, 9.17) is 4.52 Å². The Morgan fingerprint density at radius 1 is 1.12 bits per heavy atom. The van der Waals surface area contributed by atoms with Gasteiger partial charge in [-0.25, -0.2) is 4.79 Å². The van der Waals surface area contributed by atoms with Gasteiger partial charge in [-0.05, 0) is 38.6 Å². The molecule has 7 nitrogen and oxygen atoms in total. The molecule has 0 spiro atoms. The number of amides is 2. The average Bonchev–Trinajstić information content (AvgIpc) is 3.35. The molecule has 2 aliphatic heterocycles. The van der Waals surface area contributed by atoms with Crippen molar-refractivity contribution in [2.45, 2.75) is 38.0 Å². The summed E-state index contributed by atoms with van der Waals surface area (Å²) in [5.41, 5.74) is 0. The Kier molecular flexibility index (Phi) is 4.43. The molecule has 1 saturated carbocycles. The number of nitrogens with zero attached hydrogens (tertiary/aromatic N) is 5. The lowest BCUT2D eigenvalue weighted by molar-refractivity contribution is 0.104. The van der Waals surface area contributed by atoms with Crippen LogP contribution in [0.15, 0.2) is 4.52 Å². The molecule has 3 aliphatic rings. The number of carbonyl (C=O) groups excluding carboxylic acids is 1. The molecule has 4 rings (SSSR count). The SMILES string of the molecule is CN1CCN(C(=O)N2CCCC(Cc3nc(C4CC4)no3)C2)CC1. The van der Waals surface area contributed by atoms with E-state index in [0.29, 0.717) is 11.8 Å². The minimum atomic E-state index is 0.206. The van der Waals surface area contributed by atoms with Crippen molar-refractivity contribution in [3.8, 4) is 0 Å². The first-order chi connectivity index (χ1) is 11.7. The zero-order valence-electron chi connectivity index (χ0n) is 14.5. The number of likely N-dealkylation sites (tertiary alicyclic amines) is 1. The Morgan fingerprint density at radius 2 is 1.92 bits per heavy atom. The molecule has 1 aromatic rings. The second-order valence-electron chi connectivity index (χ2n) is 7.55. The van der Waals surface area contributed by atoms with Gasteiger partial charge in [-0.1, -0.05) is 5.16 Å². The third-order valence-electron chi connectivity index (χ3n) is 5.45. The van der Waals surface area contributed by atoms with Gasteiger partial charge < -0.3 is 19.2 Å². The van der Waals surface area contributed by atoms with Crippen molar-refractivity contribution in [2.75, 3.05) is 46.3 Å². The molecule has 1 aromatic heterocycles. The highest BCUT2D eigenvalue weighted by Gasteiger charge is 2.31. The highest BCUT2D eigenvalue weighted by Crippen LogP contribution is 2.38. The van der Waals surface area contributed by atoms with Crippen molar-refractivity contribution in [2.24, 2.45) is 5.92 Å². The largest absolute Gasteiger partial charge is 0.339 e. The van der Waals surface area contributed by atoms with Gasteiger partial charge in [0.25, 0.3) is 0 Å². The van der Waals surface area contributed by atoms with E-state index in [0.717, 1.165) is 70.2 Å². The fraction of sp³-hybridized carbons (Fsp3) is 0.824. The summed E-state index contributed by atoms with van der Waals surface area (Å²) in [7, 11) is 2.11. The van der Waals surface area contributed by atoms with Crippen LogP contribution in [0.5, 0.6) is 0 Å². The van der Waals surface area contributed by atoms with E-state index < -0.39 is 0 Å². The lowest BCUT2D eigenvalue weighted by Gasteiger charge is -2.39. The number of hydrogen-bond donors (Lipinski definition) is 0. The summed E-state index contributed by atoms with van der Waals surface area (Å²) >= 11 is 0. The molecule has 3 fully saturated rings. The Labute approximate surface area is 143 Å². The van der Waals surface area contributed by atoms with Gasteiger partial charge in [-0.3, -0.25) is 0 Å². The molecule has 24 heavy (non-hydrogen) atoms. The molecule has 7 heteroatoms. The lowest BCUT2D eigenvalue weighted by atomic mass is 9.95. The van der Waals surface area contributed by atoms with Crippen molar-refractivity contribution < 1.29 is 9.32 Å². The predicted octanol–water partition coefficient (Wildman–Crippen LogP) is 1.57. The molecule has 1 unspecified atom stereocenters. The summed E-state index contributed by atoms with van der Waals surface area (Å²) < 4.78 is 5.41. The standard InChI is InChI=1S/C17H27N5O2/c1-20-7-9-21(10-8-20)17(23)22-6-2-3-13(12-22)11-15-18-16(19-24-15)14-4-5-14/h13-14H,2-12H2,1H3. The number of carbonyl (C=O) groups is 1. The van der Waals surface area contributed by atoms with Crippen LogP contribution >= 0.6 is 0 Å². The molecule has 2 saturated heterocycles. The van der Waals surface area contributed by atoms with Gasteiger partial charge in [0.05, 0.1) is 0 Å². The van der Waals surface area contributed by atoms with E-state index in [9.17, 15) is 4.79 Å². The number of rotatable bonds is 3. The van der Waals surface area contributed by atoms with Gasteiger partial charge in [0.1, 0.15) is 0 Å². The Balaban J connectivity index is 1.32. The Bertz CT molecular complexity index is 577. The number of hydrogen-bond acceptors (Lipinski definition) is 5. The van der Waals surface area contributed by atoms with Crippen LogP contribution in [0.4, 0.5) is 4.79 Å². The van der Waals surface area contributed by atoms with Gasteiger partial charge in [0.15, 0.2) is 5.82 Å². The molecule has 1 aliphatic carbocycles. The Hall–Kier alpha value is -1.63. The van der Waals surface area contributed by atoms with Crippen molar-refractivity contribution in [1.29, 1.82) is 0 Å². The molecule has 0 N–H and O–H groups in total. The van der Waals surface area contributed by atoms with E-state index in [2.05, 4.69) is 22.1 Å². The maximum atomic E-state index is 12.7. The maximum Gasteiger partial charge on any atom is 0.320 e. The molecular weight excluding hydrogens is 306 g/mol. The van der Waals surface area contributed by atoms with Crippen molar-refractivity contribution >= 4 is 6.03 Å². The summed E-state index contributed by atoms with van der Waals surface area (Å²) in [6, 6.07) is 0.206. The summed E-state index contributed by atoms with van der Waals surface area (Å²) in [5, 5.41) is 4.10. The second kappa shape index (κ2) is 6.70. The minimum absolute atomic E-state index is 0.206. The zero-order valence-corrected chi connectivity index (χ0v) is 14.5. The van der Waals surface area contributed by atoms with Crippen LogP contribution in [0.3, 0.4) is 0 Å². The number of piperazine rings is 1.